The van der Waals surface area contributed by atoms with Crippen LogP contribution in [0.5, 0.6) is 0 Å². The molecule has 2 rings (SSSR count). The van der Waals surface area contributed by atoms with E-state index in [0.29, 0.717) is 11.1 Å². The maximum Gasteiger partial charge on any atom is 0.311 e. The second kappa shape index (κ2) is 6.37. The van der Waals surface area contributed by atoms with E-state index in [-0.39, 0.29) is 11.4 Å². The Hall–Kier alpha value is -1.39. The van der Waals surface area contributed by atoms with E-state index in [1.807, 2.05) is 6.07 Å². The van der Waals surface area contributed by atoms with E-state index in [0.717, 1.165) is 4.47 Å². The summed E-state index contributed by atoms with van der Waals surface area (Å²) in [4.78, 5) is 11.5. The smallest absolute Gasteiger partial charge is 0.311 e. The molecule has 0 spiro atoms. The number of rotatable bonds is 4. The third kappa shape index (κ3) is 3.38. The summed E-state index contributed by atoms with van der Waals surface area (Å²) < 4.78 is 13.7. The first-order valence-electron chi connectivity index (χ1n) is 5.90. The summed E-state index contributed by atoms with van der Waals surface area (Å²) in [7, 11) is 0. The second-order valence-electron chi connectivity index (χ2n) is 4.35. The first kappa shape index (κ1) is 15.0. The van der Waals surface area contributed by atoms with Crippen molar-refractivity contribution in [2.75, 3.05) is 0 Å². The molecule has 0 aliphatic carbocycles. The topological polar surface area (TPSA) is 37.3 Å². The van der Waals surface area contributed by atoms with Crippen LogP contribution in [-0.4, -0.2) is 11.1 Å². The molecule has 0 bridgehead atoms. The van der Waals surface area contributed by atoms with Gasteiger partial charge in [0.05, 0.1) is 5.92 Å². The summed E-state index contributed by atoms with van der Waals surface area (Å²) in [6, 6.07) is 11.1. The van der Waals surface area contributed by atoms with Gasteiger partial charge >= 0.3 is 5.97 Å². The Morgan fingerprint density at radius 2 is 2.00 bits per heavy atom. The predicted octanol–water partition coefficient (Wildman–Crippen LogP) is 4.65. The van der Waals surface area contributed by atoms with E-state index in [1.54, 1.807) is 18.2 Å². The van der Waals surface area contributed by atoms with Crippen molar-refractivity contribution in [3.8, 4) is 0 Å². The molecule has 0 fully saturated rings. The van der Waals surface area contributed by atoms with E-state index in [2.05, 4.69) is 15.9 Å². The molecule has 1 N–H and O–H groups in total. The lowest BCUT2D eigenvalue weighted by molar-refractivity contribution is -0.138. The van der Waals surface area contributed by atoms with E-state index in [9.17, 15) is 14.3 Å². The van der Waals surface area contributed by atoms with Crippen LogP contribution in [-0.2, 0) is 11.2 Å². The molecular formula is C15H11BrClFO2. The summed E-state index contributed by atoms with van der Waals surface area (Å²) in [6.45, 7) is 0. The van der Waals surface area contributed by atoms with Crippen LogP contribution in [0.3, 0.4) is 0 Å². The standard InChI is InChI=1S/C15H11BrClFO2/c16-13-4-2-1-3-11(13)12(15(19)20)7-9-5-6-10(18)8-14(9)17/h1-6,8,12H,7H2,(H,19,20). The Morgan fingerprint density at radius 3 is 2.60 bits per heavy atom. The van der Waals surface area contributed by atoms with Crippen LogP contribution < -0.4 is 0 Å². The number of benzene rings is 2. The number of aliphatic carboxylic acids is 1. The summed E-state index contributed by atoms with van der Waals surface area (Å²) >= 11 is 9.31. The number of hydrogen-bond donors (Lipinski definition) is 1. The lowest BCUT2D eigenvalue weighted by Gasteiger charge is -2.15. The van der Waals surface area contributed by atoms with Crippen molar-refractivity contribution in [3.05, 3.63) is 68.9 Å². The third-order valence-corrected chi connectivity index (χ3v) is 4.09. The van der Waals surface area contributed by atoms with Gasteiger partial charge in [0.1, 0.15) is 5.82 Å². The SMILES string of the molecule is O=C(O)C(Cc1ccc(F)cc1Cl)c1ccccc1Br. The minimum absolute atomic E-state index is 0.205. The van der Waals surface area contributed by atoms with Crippen molar-refractivity contribution in [2.45, 2.75) is 12.3 Å². The molecule has 5 heteroatoms. The molecule has 1 unspecified atom stereocenters. The van der Waals surface area contributed by atoms with Crippen molar-refractivity contribution >= 4 is 33.5 Å². The van der Waals surface area contributed by atoms with Crippen LogP contribution in [0.1, 0.15) is 17.0 Å². The number of halogens is 3. The molecular weight excluding hydrogens is 347 g/mol. The van der Waals surface area contributed by atoms with Gasteiger partial charge in [-0.2, -0.15) is 0 Å². The largest absolute Gasteiger partial charge is 0.481 e. The zero-order valence-corrected chi connectivity index (χ0v) is 12.7. The fourth-order valence-electron chi connectivity index (χ4n) is 2.00. The lowest BCUT2D eigenvalue weighted by atomic mass is 9.92. The average molecular weight is 358 g/mol. The summed E-state index contributed by atoms with van der Waals surface area (Å²) in [5.41, 5.74) is 1.27. The molecule has 2 nitrogen and oxygen atoms in total. The molecule has 0 radical (unpaired) electrons. The van der Waals surface area contributed by atoms with Crippen molar-refractivity contribution in [2.24, 2.45) is 0 Å². The zero-order valence-electron chi connectivity index (χ0n) is 10.3. The molecule has 104 valence electrons. The van der Waals surface area contributed by atoms with Gasteiger partial charge in [-0.25, -0.2) is 4.39 Å². The van der Waals surface area contributed by atoms with Crippen molar-refractivity contribution in [3.63, 3.8) is 0 Å². The van der Waals surface area contributed by atoms with Crippen LogP contribution in [0, 0.1) is 5.82 Å². The summed E-state index contributed by atoms with van der Waals surface area (Å²) in [5.74, 6) is -2.13. The molecule has 20 heavy (non-hydrogen) atoms. The highest BCUT2D eigenvalue weighted by molar-refractivity contribution is 9.10. The number of carboxylic acids is 1. The zero-order chi connectivity index (χ0) is 14.7. The van der Waals surface area contributed by atoms with Gasteiger partial charge in [0.2, 0.25) is 0 Å². The summed E-state index contributed by atoms with van der Waals surface area (Å²) in [5, 5.41) is 9.66. The van der Waals surface area contributed by atoms with Crippen molar-refractivity contribution in [1.29, 1.82) is 0 Å². The first-order chi connectivity index (χ1) is 9.49. The molecule has 0 aliphatic rings. The molecule has 0 aliphatic heterocycles. The third-order valence-electron chi connectivity index (χ3n) is 3.02. The maximum atomic E-state index is 13.0. The quantitative estimate of drug-likeness (QED) is 0.864. The highest BCUT2D eigenvalue weighted by atomic mass is 79.9. The van der Waals surface area contributed by atoms with Crippen molar-refractivity contribution < 1.29 is 14.3 Å². The minimum atomic E-state index is -0.947. The summed E-state index contributed by atoms with van der Waals surface area (Å²) in [6.07, 6.45) is 0.205. The van der Waals surface area contributed by atoms with E-state index in [1.165, 1.54) is 18.2 Å². The molecule has 0 aromatic heterocycles. The van der Waals surface area contributed by atoms with E-state index in [4.69, 9.17) is 11.6 Å². The second-order valence-corrected chi connectivity index (χ2v) is 5.61. The molecule has 0 amide bonds. The monoisotopic (exact) mass is 356 g/mol. The lowest BCUT2D eigenvalue weighted by Crippen LogP contribution is -2.15. The normalized spacial score (nSPS) is 12.2. The van der Waals surface area contributed by atoms with E-state index < -0.39 is 17.7 Å². The van der Waals surface area contributed by atoms with Gasteiger partial charge in [-0.05, 0) is 35.7 Å². The van der Waals surface area contributed by atoms with Gasteiger partial charge in [-0.15, -0.1) is 0 Å². The number of carbonyl (C=O) groups is 1. The van der Waals surface area contributed by atoms with Crippen LogP contribution >= 0.6 is 27.5 Å². The Kier molecular flexibility index (Phi) is 4.78. The van der Waals surface area contributed by atoms with Gasteiger partial charge in [-0.1, -0.05) is 51.8 Å². The predicted molar refractivity (Wildman–Crippen MR) is 79.6 cm³/mol. The van der Waals surface area contributed by atoms with Gasteiger partial charge < -0.3 is 5.11 Å². The van der Waals surface area contributed by atoms with Crippen LogP contribution in [0.15, 0.2) is 46.9 Å². The number of carboxylic acid groups (broad SMARTS) is 1. The molecule has 1 atom stereocenters. The van der Waals surface area contributed by atoms with Gasteiger partial charge in [-0.3, -0.25) is 4.79 Å². The molecule has 0 saturated heterocycles. The van der Waals surface area contributed by atoms with Gasteiger partial charge in [0.15, 0.2) is 0 Å². The molecule has 0 saturated carbocycles. The molecule has 2 aromatic rings. The van der Waals surface area contributed by atoms with E-state index >= 15 is 0 Å². The Bertz CT molecular complexity index is 646. The Morgan fingerprint density at radius 1 is 1.30 bits per heavy atom. The molecule has 0 heterocycles. The van der Waals surface area contributed by atoms with Gasteiger partial charge in [0.25, 0.3) is 0 Å². The molecule has 2 aromatic carbocycles. The Labute approximate surface area is 129 Å². The van der Waals surface area contributed by atoms with Crippen LogP contribution in [0.2, 0.25) is 5.02 Å². The minimum Gasteiger partial charge on any atom is -0.481 e. The first-order valence-corrected chi connectivity index (χ1v) is 7.07. The highest BCUT2D eigenvalue weighted by Gasteiger charge is 2.23. The van der Waals surface area contributed by atoms with Crippen molar-refractivity contribution in [1.82, 2.24) is 0 Å². The fourth-order valence-corrected chi connectivity index (χ4v) is 2.80. The fraction of sp³-hybridized carbons (Fsp3) is 0.133. The average Bonchev–Trinajstić information content (AvgIpc) is 2.39. The van der Waals surface area contributed by atoms with Crippen LogP contribution in [0.4, 0.5) is 4.39 Å². The maximum absolute atomic E-state index is 13.0. The number of hydrogen-bond acceptors (Lipinski definition) is 1. The van der Waals surface area contributed by atoms with Gasteiger partial charge in [0, 0.05) is 9.50 Å². The highest BCUT2D eigenvalue weighted by Crippen LogP contribution is 2.30. The Balaban J connectivity index is 2.36. The van der Waals surface area contributed by atoms with Crippen LogP contribution in [0.25, 0.3) is 0 Å².